The summed E-state index contributed by atoms with van der Waals surface area (Å²) in [5.74, 6) is 0. The standard InChI is InChI=1S/C9H16N2O/c1-2-8-6-12-5-7(1)11(8)9-3-10-4-9/h7-10H,1-6H2. The Balaban J connectivity index is 1.75. The fourth-order valence-corrected chi connectivity index (χ4v) is 2.74. The molecule has 3 fully saturated rings. The first-order chi connectivity index (χ1) is 5.95. The number of hydrogen-bond donors (Lipinski definition) is 1. The molecule has 0 amide bonds. The maximum Gasteiger partial charge on any atom is 0.0622 e. The van der Waals surface area contributed by atoms with E-state index in [9.17, 15) is 0 Å². The van der Waals surface area contributed by atoms with Gasteiger partial charge in [-0.1, -0.05) is 0 Å². The molecular formula is C9H16N2O. The van der Waals surface area contributed by atoms with Crippen LogP contribution in [-0.4, -0.2) is 49.3 Å². The Kier molecular flexibility index (Phi) is 1.63. The van der Waals surface area contributed by atoms with Gasteiger partial charge in [-0.25, -0.2) is 0 Å². The summed E-state index contributed by atoms with van der Waals surface area (Å²) in [6, 6.07) is 2.32. The molecular weight excluding hydrogens is 152 g/mol. The molecule has 1 N–H and O–H groups in total. The molecule has 0 aromatic carbocycles. The molecule has 0 spiro atoms. The van der Waals surface area contributed by atoms with E-state index in [2.05, 4.69) is 10.2 Å². The average molecular weight is 168 g/mol. The molecule has 0 aliphatic carbocycles. The quantitative estimate of drug-likeness (QED) is 0.588. The SMILES string of the molecule is C1CC2COCC1N2C1CNC1. The minimum absolute atomic E-state index is 0.746. The van der Waals surface area contributed by atoms with Crippen LogP contribution in [0.4, 0.5) is 0 Å². The predicted molar refractivity (Wildman–Crippen MR) is 46.1 cm³/mol. The minimum atomic E-state index is 0.746. The van der Waals surface area contributed by atoms with E-state index < -0.39 is 0 Å². The third-order valence-electron chi connectivity index (χ3n) is 3.48. The lowest BCUT2D eigenvalue weighted by molar-refractivity contribution is -0.0464. The first kappa shape index (κ1) is 7.30. The molecule has 3 aliphatic heterocycles. The van der Waals surface area contributed by atoms with Crippen LogP contribution in [0.5, 0.6) is 0 Å². The Morgan fingerprint density at radius 1 is 1.00 bits per heavy atom. The zero-order chi connectivity index (χ0) is 7.97. The highest BCUT2D eigenvalue weighted by Crippen LogP contribution is 2.31. The molecule has 12 heavy (non-hydrogen) atoms. The number of hydrogen-bond acceptors (Lipinski definition) is 3. The highest BCUT2D eigenvalue weighted by molar-refractivity contribution is 4.98. The maximum atomic E-state index is 5.54. The van der Waals surface area contributed by atoms with Crippen molar-refractivity contribution in [3.63, 3.8) is 0 Å². The fraction of sp³-hybridized carbons (Fsp3) is 1.00. The number of morpholine rings is 1. The molecule has 68 valence electrons. The second-order valence-corrected chi connectivity index (χ2v) is 4.18. The van der Waals surface area contributed by atoms with Crippen LogP contribution in [0.3, 0.4) is 0 Å². The van der Waals surface area contributed by atoms with Gasteiger partial charge in [0.1, 0.15) is 0 Å². The Morgan fingerprint density at radius 3 is 2.17 bits per heavy atom. The molecule has 0 radical (unpaired) electrons. The summed E-state index contributed by atoms with van der Waals surface area (Å²) in [5, 5.41) is 3.34. The molecule has 0 aromatic heterocycles. The summed E-state index contributed by atoms with van der Waals surface area (Å²) in [5.41, 5.74) is 0. The van der Waals surface area contributed by atoms with Gasteiger partial charge in [-0.3, -0.25) is 4.90 Å². The van der Waals surface area contributed by atoms with E-state index in [1.54, 1.807) is 0 Å². The van der Waals surface area contributed by atoms with E-state index >= 15 is 0 Å². The summed E-state index contributed by atoms with van der Waals surface area (Å²) in [7, 11) is 0. The molecule has 3 saturated heterocycles. The number of rotatable bonds is 1. The van der Waals surface area contributed by atoms with Crippen molar-refractivity contribution in [1.29, 1.82) is 0 Å². The fourth-order valence-electron chi connectivity index (χ4n) is 2.74. The first-order valence-corrected chi connectivity index (χ1v) is 5.01. The van der Waals surface area contributed by atoms with E-state index in [0.29, 0.717) is 0 Å². The molecule has 0 saturated carbocycles. The monoisotopic (exact) mass is 168 g/mol. The molecule has 2 bridgehead atoms. The lowest BCUT2D eigenvalue weighted by atomic mass is 10.1. The van der Waals surface area contributed by atoms with Gasteiger partial charge < -0.3 is 10.1 Å². The zero-order valence-electron chi connectivity index (χ0n) is 7.33. The third kappa shape index (κ3) is 0.934. The zero-order valence-corrected chi connectivity index (χ0v) is 7.33. The summed E-state index contributed by atoms with van der Waals surface area (Å²) in [6.45, 7) is 4.36. The lowest BCUT2D eigenvalue weighted by Crippen LogP contribution is -2.63. The Morgan fingerprint density at radius 2 is 1.67 bits per heavy atom. The van der Waals surface area contributed by atoms with E-state index in [0.717, 1.165) is 31.3 Å². The molecule has 3 heteroatoms. The summed E-state index contributed by atoms with van der Waals surface area (Å²) in [4.78, 5) is 2.71. The highest BCUT2D eigenvalue weighted by Gasteiger charge is 2.42. The van der Waals surface area contributed by atoms with Crippen LogP contribution in [0.15, 0.2) is 0 Å². The van der Waals surface area contributed by atoms with Gasteiger partial charge in [0.25, 0.3) is 0 Å². The van der Waals surface area contributed by atoms with Gasteiger partial charge in [0, 0.05) is 31.2 Å². The van der Waals surface area contributed by atoms with Crippen molar-refractivity contribution in [2.45, 2.75) is 31.0 Å². The highest BCUT2D eigenvalue weighted by atomic mass is 16.5. The van der Waals surface area contributed by atoms with Crippen molar-refractivity contribution in [2.24, 2.45) is 0 Å². The molecule has 3 heterocycles. The van der Waals surface area contributed by atoms with Crippen molar-refractivity contribution >= 4 is 0 Å². The normalized spacial score (nSPS) is 43.0. The van der Waals surface area contributed by atoms with Crippen LogP contribution in [0.1, 0.15) is 12.8 Å². The largest absolute Gasteiger partial charge is 0.378 e. The number of nitrogens with one attached hydrogen (secondary N) is 1. The molecule has 3 aliphatic rings. The summed E-state index contributed by atoms with van der Waals surface area (Å²) in [6.07, 6.45) is 2.72. The third-order valence-corrected chi connectivity index (χ3v) is 3.48. The lowest BCUT2D eigenvalue weighted by Gasteiger charge is -2.44. The Labute approximate surface area is 73.1 Å². The van der Waals surface area contributed by atoms with Crippen LogP contribution in [0, 0.1) is 0 Å². The second-order valence-electron chi connectivity index (χ2n) is 4.18. The van der Waals surface area contributed by atoms with Crippen molar-refractivity contribution in [3.05, 3.63) is 0 Å². The van der Waals surface area contributed by atoms with E-state index in [-0.39, 0.29) is 0 Å². The number of fused-ring (bicyclic) bond motifs is 2. The molecule has 0 aromatic rings. The first-order valence-electron chi connectivity index (χ1n) is 5.01. The Bertz CT molecular complexity index is 165. The van der Waals surface area contributed by atoms with Crippen LogP contribution >= 0.6 is 0 Å². The number of nitrogens with zero attached hydrogens (tertiary/aromatic N) is 1. The van der Waals surface area contributed by atoms with Crippen molar-refractivity contribution in [2.75, 3.05) is 26.3 Å². The molecule has 3 rings (SSSR count). The maximum absolute atomic E-state index is 5.54. The van der Waals surface area contributed by atoms with Gasteiger partial charge in [0.15, 0.2) is 0 Å². The van der Waals surface area contributed by atoms with Crippen LogP contribution in [0.25, 0.3) is 0 Å². The van der Waals surface area contributed by atoms with Gasteiger partial charge in [-0.2, -0.15) is 0 Å². The molecule has 2 atom stereocenters. The summed E-state index contributed by atoms with van der Waals surface area (Å²) >= 11 is 0. The number of ether oxygens (including phenoxy) is 1. The van der Waals surface area contributed by atoms with Crippen molar-refractivity contribution in [1.82, 2.24) is 10.2 Å². The smallest absolute Gasteiger partial charge is 0.0622 e. The van der Waals surface area contributed by atoms with Gasteiger partial charge >= 0.3 is 0 Å². The van der Waals surface area contributed by atoms with Crippen molar-refractivity contribution in [3.8, 4) is 0 Å². The van der Waals surface area contributed by atoms with E-state index in [1.807, 2.05) is 0 Å². The molecule has 2 unspecified atom stereocenters. The summed E-state index contributed by atoms with van der Waals surface area (Å²) < 4.78 is 5.54. The van der Waals surface area contributed by atoms with Gasteiger partial charge in [0.05, 0.1) is 13.2 Å². The van der Waals surface area contributed by atoms with Gasteiger partial charge in [-0.05, 0) is 12.8 Å². The van der Waals surface area contributed by atoms with Crippen LogP contribution < -0.4 is 5.32 Å². The van der Waals surface area contributed by atoms with E-state index in [1.165, 1.54) is 25.9 Å². The topological polar surface area (TPSA) is 24.5 Å². The average Bonchev–Trinajstić information content (AvgIpc) is 2.28. The van der Waals surface area contributed by atoms with E-state index in [4.69, 9.17) is 4.74 Å². The van der Waals surface area contributed by atoms with Gasteiger partial charge in [-0.15, -0.1) is 0 Å². The second kappa shape index (κ2) is 2.69. The van der Waals surface area contributed by atoms with Crippen LogP contribution in [0.2, 0.25) is 0 Å². The van der Waals surface area contributed by atoms with Gasteiger partial charge in [0.2, 0.25) is 0 Å². The molecule has 3 nitrogen and oxygen atoms in total. The minimum Gasteiger partial charge on any atom is -0.378 e. The van der Waals surface area contributed by atoms with Crippen LogP contribution in [-0.2, 0) is 4.74 Å². The van der Waals surface area contributed by atoms with Crippen molar-refractivity contribution < 1.29 is 4.74 Å². The Hall–Kier alpha value is -0.120. The predicted octanol–water partition coefficient (Wildman–Crippen LogP) is -0.179.